The Hall–Kier alpha value is -1.07. The van der Waals surface area contributed by atoms with Gasteiger partial charge in [0.2, 0.25) is 0 Å². The van der Waals surface area contributed by atoms with Crippen LogP contribution in [0.4, 0.5) is 5.69 Å². The number of nitrogens with zero attached hydrogens (tertiary/aromatic N) is 1. The van der Waals surface area contributed by atoms with Gasteiger partial charge in [-0.25, -0.2) is 8.42 Å². The number of likely N-dealkylation sites (tertiary alicyclic amines) is 1. The molecule has 21 heavy (non-hydrogen) atoms. The second kappa shape index (κ2) is 6.79. The molecule has 1 heterocycles. The molecule has 1 fully saturated rings. The summed E-state index contributed by atoms with van der Waals surface area (Å²) in [6.07, 6.45) is 3.49. The highest BCUT2D eigenvalue weighted by Crippen LogP contribution is 2.19. The van der Waals surface area contributed by atoms with E-state index in [0.29, 0.717) is 10.9 Å². The molecule has 2 rings (SSSR count). The average molecular weight is 309 g/mol. The molecule has 0 bridgehead atoms. The van der Waals surface area contributed by atoms with Crippen LogP contribution in [0.3, 0.4) is 0 Å². The van der Waals surface area contributed by atoms with Gasteiger partial charge in [-0.1, -0.05) is 13.8 Å². The van der Waals surface area contributed by atoms with Crippen LogP contribution in [0.15, 0.2) is 29.2 Å². The molecule has 5 heteroatoms. The van der Waals surface area contributed by atoms with Crippen molar-refractivity contribution >= 4 is 15.5 Å². The van der Waals surface area contributed by atoms with Crippen LogP contribution in [0.2, 0.25) is 0 Å². The summed E-state index contributed by atoms with van der Waals surface area (Å²) in [5, 5.41) is 3.51. The van der Waals surface area contributed by atoms with E-state index in [1.54, 1.807) is 12.1 Å². The van der Waals surface area contributed by atoms with Crippen LogP contribution < -0.4 is 5.32 Å². The molecular formula is C16H25N2O2S. The largest absolute Gasteiger partial charge is 0.382 e. The first-order valence-electron chi connectivity index (χ1n) is 7.42. The zero-order valence-corrected chi connectivity index (χ0v) is 13.9. The second-order valence-corrected chi connectivity index (χ2v) is 8.21. The summed E-state index contributed by atoms with van der Waals surface area (Å²) in [7, 11) is -3.11. The molecule has 0 atom stereocenters. The zero-order valence-electron chi connectivity index (χ0n) is 13.1. The van der Waals surface area contributed by atoms with Crippen LogP contribution in [0.5, 0.6) is 0 Å². The Morgan fingerprint density at radius 1 is 1.19 bits per heavy atom. The minimum atomic E-state index is -3.11. The Balaban J connectivity index is 1.86. The third-order valence-electron chi connectivity index (χ3n) is 3.78. The Labute approximate surface area is 128 Å². The average Bonchev–Trinajstić information content (AvgIpc) is 2.40. The summed E-state index contributed by atoms with van der Waals surface area (Å²) in [6, 6.07) is 7.52. The van der Waals surface area contributed by atoms with E-state index in [1.165, 1.54) is 12.2 Å². The van der Waals surface area contributed by atoms with Crippen LogP contribution >= 0.6 is 0 Å². The summed E-state index contributed by atoms with van der Waals surface area (Å²) >= 11 is 0. The van der Waals surface area contributed by atoms with Crippen molar-refractivity contribution in [2.24, 2.45) is 0 Å². The zero-order chi connectivity index (χ0) is 15.5. The quantitative estimate of drug-likeness (QED) is 0.908. The van der Waals surface area contributed by atoms with Crippen molar-refractivity contribution in [3.05, 3.63) is 30.2 Å². The van der Waals surface area contributed by atoms with E-state index in [-0.39, 0.29) is 0 Å². The monoisotopic (exact) mass is 309 g/mol. The Bertz CT molecular complexity index is 544. The maximum atomic E-state index is 11.4. The first kappa shape index (κ1) is 16.3. The summed E-state index contributed by atoms with van der Waals surface area (Å²) in [4.78, 5) is 2.86. The van der Waals surface area contributed by atoms with Gasteiger partial charge in [-0.05, 0) is 43.0 Å². The Morgan fingerprint density at radius 2 is 1.76 bits per heavy atom. The van der Waals surface area contributed by atoms with E-state index in [4.69, 9.17) is 0 Å². The number of piperidine rings is 1. The van der Waals surface area contributed by atoms with E-state index in [0.717, 1.165) is 38.2 Å². The van der Waals surface area contributed by atoms with Gasteiger partial charge in [-0.2, -0.15) is 0 Å². The molecule has 0 aliphatic carbocycles. The van der Waals surface area contributed by atoms with Crippen LogP contribution in [0.1, 0.15) is 26.7 Å². The number of benzene rings is 1. The SMILES string of the molecule is C[C](C)CN1CCC(Nc2ccc(S(C)(=O)=O)cc2)CC1. The van der Waals surface area contributed by atoms with Crippen molar-refractivity contribution in [1.82, 2.24) is 4.90 Å². The molecule has 0 unspecified atom stereocenters. The van der Waals surface area contributed by atoms with Crippen molar-refractivity contribution in [3.63, 3.8) is 0 Å². The lowest BCUT2D eigenvalue weighted by Gasteiger charge is -2.33. The van der Waals surface area contributed by atoms with E-state index >= 15 is 0 Å². The normalized spacial score (nSPS) is 18.1. The van der Waals surface area contributed by atoms with Gasteiger partial charge in [0, 0.05) is 37.6 Å². The molecule has 1 N–H and O–H groups in total. The molecule has 0 spiro atoms. The molecule has 1 saturated heterocycles. The number of sulfone groups is 1. The van der Waals surface area contributed by atoms with Crippen molar-refractivity contribution < 1.29 is 8.42 Å². The Kier molecular flexibility index (Phi) is 5.27. The number of anilines is 1. The number of hydrogen-bond acceptors (Lipinski definition) is 4. The molecule has 0 amide bonds. The van der Waals surface area contributed by atoms with Gasteiger partial charge >= 0.3 is 0 Å². The van der Waals surface area contributed by atoms with Gasteiger partial charge in [0.1, 0.15) is 0 Å². The first-order valence-corrected chi connectivity index (χ1v) is 9.32. The highest BCUT2D eigenvalue weighted by Gasteiger charge is 2.19. The third-order valence-corrected chi connectivity index (χ3v) is 4.91. The van der Waals surface area contributed by atoms with Crippen molar-refractivity contribution in [1.29, 1.82) is 0 Å². The molecule has 0 saturated carbocycles. The predicted molar refractivity (Wildman–Crippen MR) is 87.2 cm³/mol. The molecule has 1 aromatic carbocycles. The smallest absolute Gasteiger partial charge is 0.175 e. The van der Waals surface area contributed by atoms with Gasteiger partial charge in [-0.3, -0.25) is 0 Å². The predicted octanol–water partition coefficient (Wildman–Crippen LogP) is 2.58. The van der Waals surface area contributed by atoms with Crippen molar-refractivity contribution in [2.75, 3.05) is 31.2 Å². The fraction of sp³-hybridized carbons (Fsp3) is 0.562. The van der Waals surface area contributed by atoms with Gasteiger partial charge in [0.15, 0.2) is 9.84 Å². The third kappa shape index (κ3) is 5.00. The molecule has 1 aromatic rings. The lowest BCUT2D eigenvalue weighted by atomic mass is 10.0. The number of nitrogens with one attached hydrogen (secondary N) is 1. The topological polar surface area (TPSA) is 49.4 Å². The minimum absolute atomic E-state index is 0.372. The maximum absolute atomic E-state index is 11.4. The lowest BCUT2D eigenvalue weighted by molar-refractivity contribution is 0.227. The van der Waals surface area contributed by atoms with Gasteiger partial charge in [0.25, 0.3) is 0 Å². The highest BCUT2D eigenvalue weighted by atomic mass is 32.2. The molecule has 1 aliphatic rings. The summed E-state index contributed by atoms with van der Waals surface area (Å²) in [5.74, 6) is 1.46. The molecule has 1 aliphatic heterocycles. The molecule has 0 aromatic heterocycles. The molecule has 1 radical (unpaired) electrons. The molecule has 4 nitrogen and oxygen atoms in total. The van der Waals surface area contributed by atoms with Crippen LogP contribution in [0, 0.1) is 5.92 Å². The van der Waals surface area contributed by atoms with Crippen LogP contribution in [0.25, 0.3) is 0 Å². The maximum Gasteiger partial charge on any atom is 0.175 e. The fourth-order valence-corrected chi connectivity index (χ4v) is 3.35. The first-order chi connectivity index (χ1) is 9.84. The fourth-order valence-electron chi connectivity index (χ4n) is 2.72. The summed E-state index contributed by atoms with van der Waals surface area (Å²) in [6.45, 7) is 7.67. The second-order valence-electron chi connectivity index (χ2n) is 6.20. The highest BCUT2D eigenvalue weighted by molar-refractivity contribution is 7.90. The van der Waals surface area contributed by atoms with E-state index in [2.05, 4.69) is 24.1 Å². The summed E-state index contributed by atoms with van der Waals surface area (Å²) < 4.78 is 22.9. The molecular weight excluding hydrogens is 284 g/mol. The van der Waals surface area contributed by atoms with E-state index < -0.39 is 9.84 Å². The summed E-state index contributed by atoms with van der Waals surface area (Å²) in [5.41, 5.74) is 0.999. The van der Waals surface area contributed by atoms with E-state index in [1.807, 2.05) is 12.1 Å². The molecule has 117 valence electrons. The minimum Gasteiger partial charge on any atom is -0.382 e. The van der Waals surface area contributed by atoms with Crippen LogP contribution in [-0.2, 0) is 9.84 Å². The van der Waals surface area contributed by atoms with Gasteiger partial charge in [0.05, 0.1) is 4.90 Å². The van der Waals surface area contributed by atoms with Crippen molar-refractivity contribution in [2.45, 2.75) is 37.6 Å². The standard InChI is InChI=1S/C16H25N2O2S/c1-13(2)12-18-10-8-15(9-11-18)17-14-4-6-16(7-5-14)21(3,19)20/h4-7,15,17H,8-12H2,1-3H3. The van der Waals surface area contributed by atoms with Gasteiger partial charge < -0.3 is 10.2 Å². The van der Waals surface area contributed by atoms with Crippen LogP contribution in [-0.4, -0.2) is 45.2 Å². The lowest BCUT2D eigenvalue weighted by Crippen LogP contribution is -2.40. The van der Waals surface area contributed by atoms with Crippen molar-refractivity contribution in [3.8, 4) is 0 Å². The number of hydrogen-bond donors (Lipinski definition) is 1. The van der Waals surface area contributed by atoms with E-state index in [9.17, 15) is 8.42 Å². The number of rotatable bonds is 5. The van der Waals surface area contributed by atoms with Gasteiger partial charge in [-0.15, -0.1) is 0 Å². The Morgan fingerprint density at radius 3 is 2.24 bits per heavy atom.